The van der Waals surface area contributed by atoms with Crippen LogP contribution >= 0.6 is 0 Å². The van der Waals surface area contributed by atoms with Crippen LogP contribution in [0.2, 0.25) is 0 Å². The monoisotopic (exact) mass is 203 g/mol. The molecule has 0 aliphatic rings. The molecule has 2 nitrogen and oxygen atoms in total. The van der Waals surface area contributed by atoms with Crippen molar-refractivity contribution in [1.29, 1.82) is 0 Å². The van der Waals surface area contributed by atoms with E-state index in [2.05, 4.69) is 37.9 Å². The topological polar surface area (TPSA) is 25.0 Å². The zero-order chi connectivity index (χ0) is 11.0. The molecule has 0 radical (unpaired) electrons. The van der Waals surface area contributed by atoms with Crippen molar-refractivity contribution < 1.29 is 4.74 Å². The maximum absolute atomic E-state index is 5.36. The summed E-state index contributed by atoms with van der Waals surface area (Å²) < 4.78 is 5.36. The first-order valence-electron chi connectivity index (χ1n) is 5.29. The van der Waals surface area contributed by atoms with Crippen LogP contribution in [0, 0.1) is 6.92 Å². The molecule has 0 unspecified atom stereocenters. The van der Waals surface area contributed by atoms with E-state index >= 15 is 0 Å². The van der Waals surface area contributed by atoms with Crippen LogP contribution in [0.15, 0.2) is 18.2 Å². The fraction of sp³-hybridized carbons (Fsp3) is 0.385. The molecule has 1 aromatic heterocycles. The molecule has 0 amide bonds. The van der Waals surface area contributed by atoms with Gasteiger partial charge in [0, 0.05) is 11.1 Å². The molecule has 1 aromatic carbocycles. The van der Waals surface area contributed by atoms with E-state index < -0.39 is 0 Å². The van der Waals surface area contributed by atoms with E-state index in [-0.39, 0.29) is 0 Å². The second-order valence-electron chi connectivity index (χ2n) is 4.25. The number of aromatic nitrogens is 1. The molecule has 0 saturated heterocycles. The van der Waals surface area contributed by atoms with Gasteiger partial charge in [0.15, 0.2) is 0 Å². The number of hydrogen-bond acceptors (Lipinski definition) is 1. The van der Waals surface area contributed by atoms with Gasteiger partial charge in [-0.15, -0.1) is 0 Å². The molecule has 0 spiro atoms. The third-order valence-corrected chi connectivity index (χ3v) is 2.82. The number of nitrogens with one attached hydrogen (secondary N) is 1. The lowest BCUT2D eigenvalue weighted by Crippen LogP contribution is -1.85. The molecular formula is C13H17NO. The maximum Gasteiger partial charge on any atom is 0.128 e. The molecule has 2 rings (SSSR count). The summed E-state index contributed by atoms with van der Waals surface area (Å²) in [6.45, 7) is 6.49. The Morgan fingerprint density at radius 1 is 1.27 bits per heavy atom. The minimum absolute atomic E-state index is 0.515. The molecule has 15 heavy (non-hydrogen) atoms. The number of aryl methyl sites for hydroxylation is 1. The number of aromatic amines is 1. The Hall–Kier alpha value is -1.44. The average molecular weight is 203 g/mol. The van der Waals surface area contributed by atoms with E-state index in [9.17, 15) is 0 Å². The minimum Gasteiger partial charge on any atom is -0.496 e. The zero-order valence-corrected chi connectivity index (χ0v) is 9.72. The molecule has 1 heterocycles. The molecule has 2 aromatic rings. The predicted octanol–water partition coefficient (Wildman–Crippen LogP) is 3.61. The van der Waals surface area contributed by atoms with Gasteiger partial charge < -0.3 is 9.72 Å². The third-order valence-electron chi connectivity index (χ3n) is 2.82. The molecule has 2 heteroatoms. The van der Waals surface area contributed by atoms with Gasteiger partial charge in [0.2, 0.25) is 0 Å². The molecule has 1 N–H and O–H groups in total. The average Bonchev–Trinajstić information content (AvgIpc) is 2.64. The Kier molecular flexibility index (Phi) is 2.43. The summed E-state index contributed by atoms with van der Waals surface area (Å²) in [5.41, 5.74) is 3.72. The van der Waals surface area contributed by atoms with Crippen LogP contribution in [-0.4, -0.2) is 12.1 Å². The van der Waals surface area contributed by atoms with Gasteiger partial charge in [0.05, 0.1) is 12.6 Å². The van der Waals surface area contributed by atoms with Gasteiger partial charge in [-0.25, -0.2) is 0 Å². The summed E-state index contributed by atoms with van der Waals surface area (Å²) in [6, 6.07) is 6.29. The molecule has 0 atom stereocenters. The van der Waals surface area contributed by atoms with Crippen molar-refractivity contribution in [1.82, 2.24) is 4.98 Å². The van der Waals surface area contributed by atoms with E-state index in [1.54, 1.807) is 7.11 Å². The maximum atomic E-state index is 5.36. The smallest absolute Gasteiger partial charge is 0.128 e. The minimum atomic E-state index is 0.515. The van der Waals surface area contributed by atoms with Crippen LogP contribution in [0.4, 0.5) is 0 Å². The van der Waals surface area contributed by atoms with Gasteiger partial charge in [-0.05, 0) is 30.5 Å². The van der Waals surface area contributed by atoms with Crippen LogP contribution in [0.5, 0.6) is 5.75 Å². The summed E-state index contributed by atoms with van der Waals surface area (Å²) in [6.07, 6.45) is 0. The molecule has 0 aliphatic carbocycles. The van der Waals surface area contributed by atoms with Crippen molar-refractivity contribution in [3.05, 3.63) is 29.5 Å². The van der Waals surface area contributed by atoms with Crippen LogP contribution in [-0.2, 0) is 0 Å². The van der Waals surface area contributed by atoms with Crippen LogP contribution in [0.3, 0.4) is 0 Å². The highest BCUT2D eigenvalue weighted by Crippen LogP contribution is 2.30. The second kappa shape index (κ2) is 3.61. The van der Waals surface area contributed by atoms with Crippen molar-refractivity contribution in [2.75, 3.05) is 7.11 Å². The molecule has 0 bridgehead atoms. The molecule has 0 saturated carbocycles. The van der Waals surface area contributed by atoms with Crippen molar-refractivity contribution in [3.8, 4) is 5.75 Å². The lowest BCUT2D eigenvalue weighted by Gasteiger charge is -2.02. The first kappa shape index (κ1) is 10.1. The Morgan fingerprint density at radius 3 is 2.60 bits per heavy atom. The number of fused-ring (bicyclic) bond motifs is 1. The Morgan fingerprint density at radius 2 is 2.00 bits per heavy atom. The summed E-state index contributed by atoms with van der Waals surface area (Å²) in [5.74, 6) is 1.46. The Bertz CT molecular complexity index is 482. The van der Waals surface area contributed by atoms with E-state index in [1.165, 1.54) is 22.2 Å². The molecule has 0 fully saturated rings. The number of methoxy groups -OCH3 is 1. The molecular weight excluding hydrogens is 186 g/mol. The first-order chi connectivity index (χ1) is 7.13. The number of ether oxygens (including phenoxy) is 1. The quantitative estimate of drug-likeness (QED) is 0.792. The second-order valence-corrected chi connectivity index (χ2v) is 4.25. The fourth-order valence-corrected chi connectivity index (χ4v) is 1.84. The first-order valence-corrected chi connectivity index (χ1v) is 5.29. The van der Waals surface area contributed by atoms with Crippen molar-refractivity contribution in [2.24, 2.45) is 0 Å². The van der Waals surface area contributed by atoms with Crippen molar-refractivity contribution in [3.63, 3.8) is 0 Å². The van der Waals surface area contributed by atoms with Gasteiger partial charge in [0.25, 0.3) is 0 Å². The van der Waals surface area contributed by atoms with Gasteiger partial charge in [0.1, 0.15) is 5.75 Å². The van der Waals surface area contributed by atoms with E-state index in [0.717, 1.165) is 5.75 Å². The van der Waals surface area contributed by atoms with Gasteiger partial charge >= 0.3 is 0 Å². The standard InChI is InChI=1S/C13H17NO/c1-8(2)11-7-10-12(15-4)6-5-9(3)13(10)14-11/h5-8,14H,1-4H3. The van der Waals surface area contributed by atoms with E-state index in [1.807, 2.05) is 6.07 Å². The van der Waals surface area contributed by atoms with Gasteiger partial charge in [-0.3, -0.25) is 0 Å². The Labute approximate surface area is 90.3 Å². The SMILES string of the molecule is COc1ccc(C)c2[nH]c(C(C)C)cc12. The van der Waals surface area contributed by atoms with Crippen molar-refractivity contribution in [2.45, 2.75) is 26.7 Å². The summed E-state index contributed by atoms with van der Waals surface area (Å²) in [5, 5.41) is 1.18. The van der Waals surface area contributed by atoms with E-state index in [0.29, 0.717) is 5.92 Å². The normalized spacial score (nSPS) is 11.3. The van der Waals surface area contributed by atoms with Crippen LogP contribution in [0.25, 0.3) is 10.9 Å². The predicted molar refractivity (Wildman–Crippen MR) is 63.7 cm³/mol. The summed E-state index contributed by atoms with van der Waals surface area (Å²) in [7, 11) is 1.71. The number of rotatable bonds is 2. The number of benzene rings is 1. The highest BCUT2D eigenvalue weighted by Gasteiger charge is 2.09. The third kappa shape index (κ3) is 1.60. The van der Waals surface area contributed by atoms with Gasteiger partial charge in [-0.2, -0.15) is 0 Å². The largest absolute Gasteiger partial charge is 0.496 e. The number of hydrogen-bond donors (Lipinski definition) is 1. The number of H-pyrrole nitrogens is 1. The zero-order valence-electron chi connectivity index (χ0n) is 9.72. The summed E-state index contributed by atoms with van der Waals surface area (Å²) in [4.78, 5) is 3.46. The highest BCUT2D eigenvalue weighted by atomic mass is 16.5. The van der Waals surface area contributed by atoms with Crippen LogP contribution < -0.4 is 4.74 Å². The highest BCUT2D eigenvalue weighted by molar-refractivity contribution is 5.89. The van der Waals surface area contributed by atoms with Crippen LogP contribution in [0.1, 0.15) is 31.0 Å². The lowest BCUT2D eigenvalue weighted by atomic mass is 10.1. The van der Waals surface area contributed by atoms with Gasteiger partial charge in [-0.1, -0.05) is 19.9 Å². The molecule has 0 aliphatic heterocycles. The lowest BCUT2D eigenvalue weighted by molar-refractivity contribution is 0.420. The molecule has 80 valence electrons. The summed E-state index contributed by atoms with van der Waals surface area (Å²) >= 11 is 0. The fourth-order valence-electron chi connectivity index (χ4n) is 1.84. The Balaban J connectivity index is 2.72. The van der Waals surface area contributed by atoms with Crippen molar-refractivity contribution >= 4 is 10.9 Å². The van der Waals surface area contributed by atoms with E-state index in [4.69, 9.17) is 4.74 Å².